The minimum Gasteiger partial charge on any atom is -0.493 e. The van der Waals surface area contributed by atoms with Gasteiger partial charge in [0.25, 0.3) is 0 Å². The van der Waals surface area contributed by atoms with Crippen LogP contribution >= 0.6 is 0 Å². The lowest BCUT2D eigenvalue weighted by Gasteiger charge is -2.14. The molecule has 0 radical (unpaired) electrons. The Hall–Kier alpha value is -2.60. The van der Waals surface area contributed by atoms with Crippen molar-refractivity contribution in [3.8, 4) is 28.7 Å². The maximum absolute atomic E-state index is 5.90. The smallest absolute Gasteiger partial charge is 0.203 e. The molecular weight excluding hydrogens is 396 g/mol. The standard InChI is InChI=1S/C25H36O6/c1-26-21-15-14-20(18-24(21)29-4)19-30-16-9-7-5-6-8-10-17-31-25-22(27-2)12-11-13-23(25)28-3/h11-15,18H,5-10,16-17,19H2,1-4H3. The van der Waals surface area contributed by atoms with Crippen molar-refractivity contribution in [1.82, 2.24) is 0 Å². The van der Waals surface area contributed by atoms with Gasteiger partial charge in [0, 0.05) is 6.61 Å². The molecule has 0 fully saturated rings. The first-order valence-corrected chi connectivity index (χ1v) is 10.9. The summed E-state index contributed by atoms with van der Waals surface area (Å²) in [5.41, 5.74) is 1.09. The summed E-state index contributed by atoms with van der Waals surface area (Å²) in [5.74, 6) is 3.55. The van der Waals surface area contributed by atoms with Gasteiger partial charge >= 0.3 is 0 Å². The summed E-state index contributed by atoms with van der Waals surface area (Å²) < 4.78 is 33.0. The van der Waals surface area contributed by atoms with Crippen LogP contribution in [0.25, 0.3) is 0 Å². The van der Waals surface area contributed by atoms with Crippen molar-refractivity contribution in [2.45, 2.75) is 45.1 Å². The van der Waals surface area contributed by atoms with E-state index in [1.807, 2.05) is 36.4 Å². The Morgan fingerprint density at radius 3 is 1.77 bits per heavy atom. The first-order valence-electron chi connectivity index (χ1n) is 10.9. The van der Waals surface area contributed by atoms with Crippen LogP contribution in [0.2, 0.25) is 0 Å². The molecule has 0 amide bonds. The Kier molecular flexibility index (Phi) is 11.5. The predicted molar refractivity (Wildman–Crippen MR) is 122 cm³/mol. The van der Waals surface area contributed by atoms with E-state index >= 15 is 0 Å². The van der Waals surface area contributed by atoms with Crippen LogP contribution in [0.5, 0.6) is 28.7 Å². The van der Waals surface area contributed by atoms with E-state index in [-0.39, 0.29) is 0 Å². The minimum atomic E-state index is 0.587. The summed E-state index contributed by atoms with van der Waals surface area (Å²) >= 11 is 0. The summed E-state index contributed by atoms with van der Waals surface area (Å²) in [4.78, 5) is 0. The third-order valence-electron chi connectivity index (χ3n) is 5.03. The minimum absolute atomic E-state index is 0.587. The molecule has 6 heteroatoms. The van der Waals surface area contributed by atoms with Crippen molar-refractivity contribution in [3.05, 3.63) is 42.0 Å². The highest BCUT2D eigenvalue weighted by Gasteiger charge is 2.10. The van der Waals surface area contributed by atoms with Gasteiger partial charge in [-0.15, -0.1) is 0 Å². The normalized spacial score (nSPS) is 10.6. The van der Waals surface area contributed by atoms with E-state index in [1.165, 1.54) is 19.3 Å². The van der Waals surface area contributed by atoms with E-state index in [4.69, 9.17) is 28.4 Å². The molecule has 0 aromatic heterocycles. The molecule has 0 saturated carbocycles. The van der Waals surface area contributed by atoms with Crippen LogP contribution in [-0.4, -0.2) is 41.7 Å². The van der Waals surface area contributed by atoms with Crippen molar-refractivity contribution in [2.75, 3.05) is 41.7 Å². The zero-order valence-corrected chi connectivity index (χ0v) is 19.3. The van der Waals surface area contributed by atoms with Gasteiger partial charge in [-0.25, -0.2) is 0 Å². The van der Waals surface area contributed by atoms with Crippen molar-refractivity contribution in [2.24, 2.45) is 0 Å². The highest BCUT2D eigenvalue weighted by atomic mass is 16.5. The highest BCUT2D eigenvalue weighted by molar-refractivity contribution is 5.51. The molecule has 0 heterocycles. The number of hydrogen-bond donors (Lipinski definition) is 0. The summed E-state index contributed by atoms with van der Waals surface area (Å²) in [7, 11) is 6.56. The molecule has 0 bridgehead atoms. The van der Waals surface area contributed by atoms with E-state index in [0.29, 0.717) is 30.5 Å². The van der Waals surface area contributed by atoms with Gasteiger partial charge in [0.05, 0.1) is 41.7 Å². The number of benzene rings is 2. The average Bonchev–Trinajstić information content (AvgIpc) is 2.82. The largest absolute Gasteiger partial charge is 0.493 e. The lowest BCUT2D eigenvalue weighted by atomic mass is 10.1. The molecule has 0 aliphatic carbocycles. The van der Waals surface area contributed by atoms with Crippen LogP contribution in [0.3, 0.4) is 0 Å². The van der Waals surface area contributed by atoms with Gasteiger partial charge in [-0.1, -0.05) is 37.8 Å². The number of rotatable bonds is 16. The lowest BCUT2D eigenvalue weighted by Crippen LogP contribution is -2.01. The van der Waals surface area contributed by atoms with E-state index < -0.39 is 0 Å². The number of unbranched alkanes of at least 4 members (excludes halogenated alkanes) is 5. The van der Waals surface area contributed by atoms with Gasteiger partial charge < -0.3 is 28.4 Å². The molecule has 2 rings (SSSR count). The van der Waals surface area contributed by atoms with Crippen molar-refractivity contribution in [1.29, 1.82) is 0 Å². The van der Waals surface area contributed by atoms with E-state index in [0.717, 1.165) is 42.9 Å². The highest BCUT2D eigenvalue weighted by Crippen LogP contribution is 2.36. The average molecular weight is 433 g/mol. The SMILES string of the molecule is COc1ccc(COCCCCCCCCOc2c(OC)cccc2OC)cc1OC. The quantitative estimate of drug-likeness (QED) is 0.319. The molecule has 0 aliphatic heterocycles. The molecule has 0 N–H and O–H groups in total. The maximum atomic E-state index is 5.90. The fourth-order valence-electron chi connectivity index (χ4n) is 3.31. The van der Waals surface area contributed by atoms with Crippen LogP contribution in [-0.2, 0) is 11.3 Å². The molecule has 0 atom stereocenters. The number of ether oxygens (including phenoxy) is 6. The zero-order valence-electron chi connectivity index (χ0n) is 19.3. The Morgan fingerprint density at radius 2 is 1.16 bits per heavy atom. The van der Waals surface area contributed by atoms with Gasteiger partial charge in [0.15, 0.2) is 23.0 Å². The molecule has 31 heavy (non-hydrogen) atoms. The Bertz CT molecular complexity index is 739. The third-order valence-corrected chi connectivity index (χ3v) is 5.03. The second-order valence-electron chi connectivity index (χ2n) is 7.20. The molecule has 2 aromatic carbocycles. The van der Waals surface area contributed by atoms with Crippen LogP contribution in [0.4, 0.5) is 0 Å². The Labute approximate surface area is 186 Å². The molecule has 172 valence electrons. The van der Waals surface area contributed by atoms with E-state index in [9.17, 15) is 0 Å². The predicted octanol–water partition coefficient (Wildman–Crippen LogP) is 5.66. The van der Waals surface area contributed by atoms with Gasteiger partial charge in [-0.05, 0) is 42.7 Å². The third kappa shape index (κ3) is 8.21. The fourth-order valence-corrected chi connectivity index (χ4v) is 3.31. The summed E-state index contributed by atoms with van der Waals surface area (Å²) in [6.07, 6.45) is 6.80. The topological polar surface area (TPSA) is 55.4 Å². The van der Waals surface area contributed by atoms with Crippen molar-refractivity contribution >= 4 is 0 Å². The molecule has 2 aromatic rings. The van der Waals surface area contributed by atoms with Gasteiger partial charge in [-0.3, -0.25) is 0 Å². The van der Waals surface area contributed by atoms with Crippen LogP contribution in [0.15, 0.2) is 36.4 Å². The zero-order chi connectivity index (χ0) is 22.3. The molecular formula is C25H36O6. The van der Waals surface area contributed by atoms with Crippen LogP contribution in [0.1, 0.15) is 44.1 Å². The fraction of sp³-hybridized carbons (Fsp3) is 0.520. The van der Waals surface area contributed by atoms with E-state index in [1.54, 1.807) is 28.4 Å². The van der Waals surface area contributed by atoms with Crippen LogP contribution < -0.4 is 23.7 Å². The van der Waals surface area contributed by atoms with Gasteiger partial charge in [-0.2, -0.15) is 0 Å². The first kappa shape index (κ1) is 24.7. The molecule has 0 saturated heterocycles. The first-order chi connectivity index (χ1) is 15.2. The van der Waals surface area contributed by atoms with Gasteiger partial charge in [0.2, 0.25) is 5.75 Å². The Morgan fingerprint density at radius 1 is 0.581 bits per heavy atom. The monoisotopic (exact) mass is 432 g/mol. The number of para-hydroxylation sites is 1. The van der Waals surface area contributed by atoms with Gasteiger partial charge in [0.1, 0.15) is 0 Å². The molecule has 0 aliphatic rings. The summed E-state index contributed by atoms with van der Waals surface area (Å²) in [6.45, 7) is 2.01. The summed E-state index contributed by atoms with van der Waals surface area (Å²) in [5, 5.41) is 0. The molecule has 6 nitrogen and oxygen atoms in total. The Balaban J connectivity index is 1.51. The lowest BCUT2D eigenvalue weighted by molar-refractivity contribution is 0.116. The van der Waals surface area contributed by atoms with Crippen molar-refractivity contribution in [3.63, 3.8) is 0 Å². The maximum Gasteiger partial charge on any atom is 0.203 e. The van der Waals surface area contributed by atoms with Crippen LogP contribution in [0, 0.1) is 0 Å². The second kappa shape index (κ2) is 14.4. The molecule has 0 spiro atoms. The van der Waals surface area contributed by atoms with Crippen molar-refractivity contribution < 1.29 is 28.4 Å². The van der Waals surface area contributed by atoms with E-state index in [2.05, 4.69) is 0 Å². The number of methoxy groups -OCH3 is 4. The number of hydrogen-bond acceptors (Lipinski definition) is 6. The molecule has 0 unspecified atom stereocenters. The second-order valence-corrected chi connectivity index (χ2v) is 7.20. The summed E-state index contributed by atoms with van der Waals surface area (Å²) in [6, 6.07) is 11.5.